The van der Waals surface area contributed by atoms with Crippen LogP contribution in [-0.4, -0.2) is 40.7 Å². The molecule has 24 heavy (non-hydrogen) atoms. The highest BCUT2D eigenvalue weighted by molar-refractivity contribution is 5.79. The van der Waals surface area contributed by atoms with Gasteiger partial charge < -0.3 is 9.52 Å². The molecule has 4 nitrogen and oxygen atoms in total. The molecule has 0 aliphatic carbocycles. The third kappa shape index (κ3) is 3.15. The summed E-state index contributed by atoms with van der Waals surface area (Å²) in [5.74, 6) is -1.18. The van der Waals surface area contributed by atoms with Crippen molar-refractivity contribution in [3.05, 3.63) is 28.6 Å². The lowest BCUT2D eigenvalue weighted by molar-refractivity contribution is -0.156. The van der Waals surface area contributed by atoms with Crippen LogP contribution >= 0.6 is 0 Å². The normalized spacial score (nSPS) is 17.8. The van der Waals surface area contributed by atoms with Gasteiger partial charge in [-0.15, -0.1) is 0 Å². The zero-order chi connectivity index (χ0) is 17.5. The number of hydrogen-bond acceptors (Lipinski definition) is 4. The zero-order valence-corrected chi connectivity index (χ0v) is 13.8. The summed E-state index contributed by atoms with van der Waals surface area (Å²) in [7, 11) is 0. The van der Waals surface area contributed by atoms with Crippen molar-refractivity contribution in [2.45, 2.75) is 45.3 Å². The average molecular weight is 342 g/mol. The molecule has 1 aromatic heterocycles. The largest absolute Gasteiger partial charge is 0.468 e. The summed E-state index contributed by atoms with van der Waals surface area (Å²) in [6, 6.07) is 2.01. The second-order valence-corrected chi connectivity index (χ2v) is 6.40. The van der Waals surface area contributed by atoms with E-state index in [1.807, 2.05) is 0 Å². The number of aliphatic hydroxyl groups excluding tert-OH is 1. The number of aromatic nitrogens is 1. The first-order valence-electron chi connectivity index (χ1n) is 8.15. The van der Waals surface area contributed by atoms with Crippen molar-refractivity contribution in [3.63, 3.8) is 0 Å². The Balaban J connectivity index is 1.94. The monoisotopic (exact) mass is 342 g/mol. The maximum Gasteiger partial charge on any atom is 0.468 e. The van der Waals surface area contributed by atoms with Crippen molar-refractivity contribution >= 4 is 11.1 Å². The standard InChI is InChI=1S/C17H21F3N2O2/c1-10(5-8-23)22-6-3-12-9-14-15(11(2)13(12)4-7-22)24-16(21-14)17(18,19)20/h9-10,23H,3-8H2,1-2H3. The van der Waals surface area contributed by atoms with E-state index < -0.39 is 12.1 Å². The van der Waals surface area contributed by atoms with Crippen LogP contribution < -0.4 is 0 Å². The zero-order valence-electron chi connectivity index (χ0n) is 13.8. The van der Waals surface area contributed by atoms with E-state index in [4.69, 9.17) is 9.52 Å². The van der Waals surface area contributed by atoms with Crippen LogP contribution in [0.1, 0.15) is 35.9 Å². The molecule has 1 aliphatic heterocycles. The molecule has 3 rings (SSSR count). The van der Waals surface area contributed by atoms with E-state index in [0.29, 0.717) is 6.42 Å². The van der Waals surface area contributed by atoms with Crippen molar-refractivity contribution in [1.29, 1.82) is 0 Å². The predicted molar refractivity (Wildman–Crippen MR) is 83.9 cm³/mol. The molecule has 0 radical (unpaired) electrons. The second-order valence-electron chi connectivity index (χ2n) is 6.40. The molecule has 1 N–H and O–H groups in total. The third-order valence-electron chi connectivity index (χ3n) is 4.88. The summed E-state index contributed by atoms with van der Waals surface area (Å²) >= 11 is 0. The number of alkyl halides is 3. The Morgan fingerprint density at radius 3 is 2.71 bits per heavy atom. The Morgan fingerprint density at radius 1 is 1.33 bits per heavy atom. The summed E-state index contributed by atoms with van der Waals surface area (Å²) in [5, 5.41) is 9.11. The lowest BCUT2D eigenvalue weighted by atomic mass is 9.97. The minimum atomic E-state index is -4.57. The number of rotatable bonds is 3. The Hall–Kier alpha value is -1.60. The number of benzene rings is 1. The molecule has 7 heteroatoms. The van der Waals surface area contributed by atoms with E-state index in [-0.39, 0.29) is 23.7 Å². The molecule has 0 spiro atoms. The highest BCUT2D eigenvalue weighted by atomic mass is 19.4. The van der Waals surface area contributed by atoms with Crippen LogP contribution in [0, 0.1) is 6.92 Å². The molecular weight excluding hydrogens is 321 g/mol. The number of aryl methyl sites for hydroxylation is 1. The number of oxazole rings is 1. The molecule has 0 saturated heterocycles. The summed E-state index contributed by atoms with van der Waals surface area (Å²) in [4.78, 5) is 5.94. The van der Waals surface area contributed by atoms with Crippen LogP contribution in [0.3, 0.4) is 0 Å². The highest BCUT2D eigenvalue weighted by Crippen LogP contribution is 2.35. The van der Waals surface area contributed by atoms with Gasteiger partial charge in [0.15, 0.2) is 5.58 Å². The van der Waals surface area contributed by atoms with E-state index in [1.165, 1.54) is 0 Å². The quantitative estimate of drug-likeness (QED) is 0.930. The van der Waals surface area contributed by atoms with Crippen molar-refractivity contribution in [3.8, 4) is 0 Å². The van der Waals surface area contributed by atoms with Crippen LogP contribution in [-0.2, 0) is 19.0 Å². The number of halogens is 3. The number of nitrogens with zero attached hydrogens (tertiary/aromatic N) is 2. The summed E-state index contributed by atoms with van der Waals surface area (Å²) in [6.07, 6.45) is -2.33. The topological polar surface area (TPSA) is 49.5 Å². The second kappa shape index (κ2) is 6.37. The van der Waals surface area contributed by atoms with Gasteiger partial charge in [0.05, 0.1) is 0 Å². The van der Waals surface area contributed by atoms with Gasteiger partial charge in [0.25, 0.3) is 0 Å². The highest BCUT2D eigenvalue weighted by Gasteiger charge is 2.38. The van der Waals surface area contributed by atoms with E-state index >= 15 is 0 Å². The van der Waals surface area contributed by atoms with Gasteiger partial charge in [0, 0.05) is 25.7 Å². The van der Waals surface area contributed by atoms with E-state index in [9.17, 15) is 13.2 Å². The Bertz CT molecular complexity index is 739. The van der Waals surface area contributed by atoms with E-state index in [2.05, 4.69) is 16.8 Å². The third-order valence-corrected chi connectivity index (χ3v) is 4.88. The summed E-state index contributed by atoms with van der Waals surface area (Å²) in [6.45, 7) is 5.69. The Labute approximate surface area is 138 Å². The molecule has 0 amide bonds. The van der Waals surface area contributed by atoms with Gasteiger partial charge in [-0.3, -0.25) is 4.90 Å². The fourth-order valence-corrected chi connectivity index (χ4v) is 3.46. The minimum Gasteiger partial charge on any atom is -0.433 e. The molecule has 2 aromatic rings. The van der Waals surface area contributed by atoms with Crippen molar-refractivity contribution in [2.75, 3.05) is 19.7 Å². The van der Waals surface area contributed by atoms with Gasteiger partial charge in [0.1, 0.15) is 5.52 Å². The lowest BCUT2D eigenvalue weighted by Gasteiger charge is -2.26. The molecule has 1 atom stereocenters. The molecule has 132 valence electrons. The van der Waals surface area contributed by atoms with Crippen molar-refractivity contribution in [2.24, 2.45) is 0 Å². The molecule has 1 aliphatic rings. The van der Waals surface area contributed by atoms with Crippen LogP contribution in [0.2, 0.25) is 0 Å². The predicted octanol–water partition coefficient (Wildman–Crippen LogP) is 3.33. The molecular formula is C17H21F3N2O2. The summed E-state index contributed by atoms with van der Waals surface area (Å²) < 4.78 is 43.5. The maximum absolute atomic E-state index is 12.8. The van der Waals surface area contributed by atoms with Crippen LogP contribution in [0.15, 0.2) is 10.5 Å². The smallest absolute Gasteiger partial charge is 0.433 e. The average Bonchev–Trinajstić information content (AvgIpc) is 2.82. The first-order chi connectivity index (χ1) is 11.3. The fourth-order valence-electron chi connectivity index (χ4n) is 3.46. The molecule has 0 saturated carbocycles. The van der Waals surface area contributed by atoms with E-state index in [1.54, 1.807) is 13.0 Å². The van der Waals surface area contributed by atoms with Gasteiger partial charge >= 0.3 is 12.1 Å². The maximum atomic E-state index is 12.8. The van der Waals surface area contributed by atoms with Gasteiger partial charge in [-0.25, -0.2) is 4.98 Å². The molecule has 2 heterocycles. The number of aliphatic hydroxyl groups is 1. The van der Waals surface area contributed by atoms with Crippen molar-refractivity contribution < 1.29 is 22.7 Å². The first kappa shape index (κ1) is 17.2. The fraction of sp³-hybridized carbons (Fsp3) is 0.588. The molecule has 1 aromatic carbocycles. The van der Waals surface area contributed by atoms with Gasteiger partial charge in [-0.1, -0.05) is 0 Å². The van der Waals surface area contributed by atoms with Crippen LogP contribution in [0.5, 0.6) is 0 Å². The Kier molecular flexibility index (Phi) is 4.57. The Morgan fingerprint density at radius 2 is 2.04 bits per heavy atom. The van der Waals surface area contributed by atoms with Gasteiger partial charge in [0.2, 0.25) is 0 Å². The number of hydrogen-bond donors (Lipinski definition) is 1. The van der Waals surface area contributed by atoms with Crippen LogP contribution in [0.25, 0.3) is 11.1 Å². The van der Waals surface area contributed by atoms with E-state index in [0.717, 1.165) is 42.6 Å². The molecule has 0 bridgehead atoms. The van der Waals surface area contributed by atoms with Gasteiger partial charge in [-0.05, 0) is 55.9 Å². The lowest BCUT2D eigenvalue weighted by Crippen LogP contribution is -2.35. The SMILES string of the molecule is Cc1c2c(cc3nc(C(F)(F)F)oc13)CCN(C(C)CCO)CC2. The van der Waals surface area contributed by atoms with Crippen LogP contribution in [0.4, 0.5) is 13.2 Å². The number of fused-ring (bicyclic) bond motifs is 2. The summed E-state index contributed by atoms with van der Waals surface area (Å²) in [5.41, 5.74) is 3.36. The minimum absolute atomic E-state index is 0.153. The molecule has 1 unspecified atom stereocenters. The van der Waals surface area contributed by atoms with Gasteiger partial charge in [-0.2, -0.15) is 13.2 Å². The van der Waals surface area contributed by atoms with Crippen molar-refractivity contribution in [1.82, 2.24) is 9.88 Å². The first-order valence-corrected chi connectivity index (χ1v) is 8.15. The molecule has 0 fully saturated rings.